The molecule has 0 radical (unpaired) electrons. The SMILES string of the molecule is CNS(=O)(=O)c1ccc(NS(=O)(=O)c2ccccc2)cc1. The second kappa shape index (κ2) is 5.84. The molecular formula is C13H14N2O4S2. The highest BCUT2D eigenvalue weighted by Crippen LogP contribution is 2.18. The standard InChI is InChI=1S/C13H14N2O4S2/c1-14-20(16,17)13-9-7-11(8-10-13)15-21(18,19)12-5-3-2-4-6-12/h2-10,14-15H,1H3. The van der Waals surface area contributed by atoms with Crippen LogP contribution in [-0.2, 0) is 20.0 Å². The van der Waals surface area contributed by atoms with Gasteiger partial charge >= 0.3 is 0 Å². The minimum absolute atomic E-state index is 0.0626. The second-order valence-corrected chi connectivity index (χ2v) is 7.72. The number of nitrogens with one attached hydrogen (secondary N) is 2. The molecule has 0 saturated carbocycles. The van der Waals surface area contributed by atoms with Gasteiger partial charge in [-0.05, 0) is 43.4 Å². The van der Waals surface area contributed by atoms with Gasteiger partial charge in [-0.3, -0.25) is 4.72 Å². The van der Waals surface area contributed by atoms with Crippen molar-refractivity contribution in [1.29, 1.82) is 0 Å². The van der Waals surface area contributed by atoms with Crippen LogP contribution in [0.5, 0.6) is 0 Å². The molecular weight excluding hydrogens is 312 g/mol. The van der Waals surface area contributed by atoms with Gasteiger partial charge in [0.15, 0.2) is 0 Å². The number of benzene rings is 2. The molecule has 0 aliphatic carbocycles. The Morgan fingerprint density at radius 1 is 0.714 bits per heavy atom. The zero-order valence-corrected chi connectivity index (χ0v) is 12.8. The third-order valence-electron chi connectivity index (χ3n) is 2.74. The number of hydrogen-bond donors (Lipinski definition) is 2. The van der Waals surface area contributed by atoms with E-state index in [9.17, 15) is 16.8 Å². The lowest BCUT2D eigenvalue weighted by Gasteiger charge is -2.09. The Morgan fingerprint density at radius 3 is 1.76 bits per heavy atom. The van der Waals surface area contributed by atoms with E-state index in [2.05, 4.69) is 9.44 Å². The molecule has 0 heterocycles. The fourth-order valence-electron chi connectivity index (χ4n) is 1.63. The maximum Gasteiger partial charge on any atom is 0.261 e. The molecule has 21 heavy (non-hydrogen) atoms. The quantitative estimate of drug-likeness (QED) is 0.868. The summed E-state index contributed by atoms with van der Waals surface area (Å²) in [5.74, 6) is 0. The molecule has 2 aromatic rings. The highest BCUT2D eigenvalue weighted by atomic mass is 32.2. The normalized spacial score (nSPS) is 12.0. The largest absolute Gasteiger partial charge is 0.280 e. The van der Waals surface area contributed by atoms with Gasteiger partial charge in [0.2, 0.25) is 10.0 Å². The first-order valence-corrected chi connectivity index (χ1v) is 8.93. The lowest BCUT2D eigenvalue weighted by Crippen LogP contribution is -2.18. The Hall–Kier alpha value is -1.90. The molecule has 0 atom stereocenters. The molecule has 2 aromatic carbocycles. The zero-order valence-electron chi connectivity index (χ0n) is 11.1. The van der Waals surface area contributed by atoms with Crippen LogP contribution < -0.4 is 9.44 Å². The van der Waals surface area contributed by atoms with Crippen LogP contribution in [-0.4, -0.2) is 23.9 Å². The van der Waals surface area contributed by atoms with E-state index < -0.39 is 20.0 Å². The topological polar surface area (TPSA) is 92.3 Å². The lowest BCUT2D eigenvalue weighted by atomic mass is 10.3. The average Bonchev–Trinajstić information content (AvgIpc) is 2.48. The number of sulfonamides is 2. The second-order valence-electron chi connectivity index (χ2n) is 4.15. The molecule has 2 N–H and O–H groups in total. The van der Waals surface area contributed by atoms with Crippen LogP contribution in [0.15, 0.2) is 64.4 Å². The van der Waals surface area contributed by atoms with Crippen LogP contribution >= 0.6 is 0 Å². The van der Waals surface area contributed by atoms with Crippen molar-refractivity contribution in [3.63, 3.8) is 0 Å². The fourth-order valence-corrected chi connectivity index (χ4v) is 3.44. The van der Waals surface area contributed by atoms with Gasteiger partial charge in [-0.1, -0.05) is 18.2 Å². The fraction of sp³-hybridized carbons (Fsp3) is 0.0769. The molecule has 2 rings (SSSR count). The highest BCUT2D eigenvalue weighted by Gasteiger charge is 2.15. The van der Waals surface area contributed by atoms with Crippen molar-refractivity contribution in [2.75, 3.05) is 11.8 Å². The summed E-state index contributed by atoms with van der Waals surface area (Å²) >= 11 is 0. The summed E-state index contributed by atoms with van der Waals surface area (Å²) < 4.78 is 51.9. The first-order chi connectivity index (χ1) is 9.85. The van der Waals surface area contributed by atoms with Crippen molar-refractivity contribution in [2.45, 2.75) is 9.79 Å². The molecule has 0 aromatic heterocycles. The van der Waals surface area contributed by atoms with E-state index in [0.29, 0.717) is 0 Å². The Bertz CT molecular complexity index is 814. The zero-order chi connectivity index (χ0) is 15.5. The van der Waals surface area contributed by atoms with Gasteiger partial charge in [0.25, 0.3) is 10.0 Å². The maximum atomic E-state index is 12.1. The predicted molar refractivity (Wildman–Crippen MR) is 79.9 cm³/mol. The van der Waals surface area contributed by atoms with Gasteiger partial charge in [0.1, 0.15) is 0 Å². The highest BCUT2D eigenvalue weighted by molar-refractivity contribution is 7.92. The molecule has 0 aliphatic rings. The van der Waals surface area contributed by atoms with Crippen LogP contribution in [0, 0.1) is 0 Å². The molecule has 0 amide bonds. The Labute approximate surface area is 123 Å². The lowest BCUT2D eigenvalue weighted by molar-refractivity contribution is 0.588. The third kappa shape index (κ3) is 3.60. The summed E-state index contributed by atoms with van der Waals surface area (Å²) in [4.78, 5) is 0.199. The van der Waals surface area contributed by atoms with E-state index in [0.717, 1.165) is 0 Å². The molecule has 0 aliphatic heterocycles. The van der Waals surface area contributed by atoms with Crippen LogP contribution in [0.4, 0.5) is 5.69 Å². The first-order valence-electron chi connectivity index (χ1n) is 5.97. The Morgan fingerprint density at radius 2 is 1.24 bits per heavy atom. The van der Waals surface area contributed by atoms with Gasteiger partial charge in [-0.25, -0.2) is 21.6 Å². The number of anilines is 1. The summed E-state index contributed by atoms with van der Waals surface area (Å²) in [5.41, 5.74) is 0.286. The van der Waals surface area contributed by atoms with Gasteiger partial charge < -0.3 is 0 Å². The molecule has 6 nitrogen and oxygen atoms in total. The van der Waals surface area contributed by atoms with Crippen molar-refractivity contribution < 1.29 is 16.8 Å². The van der Waals surface area contributed by atoms with Gasteiger partial charge in [0.05, 0.1) is 9.79 Å². The van der Waals surface area contributed by atoms with E-state index in [1.807, 2.05) is 0 Å². The first kappa shape index (κ1) is 15.5. The average molecular weight is 326 g/mol. The molecule has 0 unspecified atom stereocenters. The predicted octanol–water partition coefficient (Wildman–Crippen LogP) is 1.40. The Balaban J connectivity index is 2.26. The van der Waals surface area contributed by atoms with Crippen LogP contribution in [0.1, 0.15) is 0 Å². The van der Waals surface area contributed by atoms with E-state index in [4.69, 9.17) is 0 Å². The third-order valence-corrected chi connectivity index (χ3v) is 5.57. The van der Waals surface area contributed by atoms with Crippen LogP contribution in [0.3, 0.4) is 0 Å². The van der Waals surface area contributed by atoms with Crippen molar-refractivity contribution in [3.05, 3.63) is 54.6 Å². The van der Waals surface area contributed by atoms with E-state index >= 15 is 0 Å². The van der Waals surface area contributed by atoms with Crippen LogP contribution in [0.2, 0.25) is 0 Å². The molecule has 0 fully saturated rings. The van der Waals surface area contributed by atoms with Crippen molar-refractivity contribution in [2.24, 2.45) is 0 Å². The van der Waals surface area contributed by atoms with Gasteiger partial charge in [0, 0.05) is 5.69 Å². The summed E-state index contributed by atoms with van der Waals surface area (Å²) in [6, 6.07) is 13.4. The number of hydrogen-bond acceptors (Lipinski definition) is 4. The molecule has 0 saturated heterocycles. The van der Waals surface area contributed by atoms with Gasteiger partial charge in [-0.15, -0.1) is 0 Å². The van der Waals surface area contributed by atoms with Crippen molar-refractivity contribution >= 4 is 25.7 Å². The minimum atomic E-state index is -3.68. The molecule has 0 spiro atoms. The summed E-state index contributed by atoms with van der Waals surface area (Å²) in [6.45, 7) is 0. The smallest absolute Gasteiger partial charge is 0.261 e. The minimum Gasteiger partial charge on any atom is -0.280 e. The summed E-state index contributed by atoms with van der Waals surface area (Å²) in [5, 5.41) is 0. The van der Waals surface area contributed by atoms with E-state index in [1.54, 1.807) is 18.2 Å². The summed E-state index contributed by atoms with van der Waals surface area (Å²) in [7, 11) is -5.91. The maximum absolute atomic E-state index is 12.1. The molecule has 0 bridgehead atoms. The van der Waals surface area contributed by atoms with E-state index in [1.165, 1.54) is 43.4 Å². The van der Waals surface area contributed by atoms with E-state index in [-0.39, 0.29) is 15.5 Å². The monoisotopic (exact) mass is 326 g/mol. The van der Waals surface area contributed by atoms with Gasteiger partial charge in [-0.2, -0.15) is 0 Å². The van der Waals surface area contributed by atoms with Crippen LogP contribution in [0.25, 0.3) is 0 Å². The molecule has 112 valence electrons. The number of rotatable bonds is 5. The molecule has 8 heteroatoms. The van der Waals surface area contributed by atoms with Crippen molar-refractivity contribution in [1.82, 2.24) is 4.72 Å². The summed E-state index contributed by atoms with van der Waals surface area (Å²) in [6.07, 6.45) is 0. The van der Waals surface area contributed by atoms with Crippen molar-refractivity contribution in [3.8, 4) is 0 Å². The Kier molecular flexibility index (Phi) is 4.31.